The van der Waals surface area contributed by atoms with Gasteiger partial charge < -0.3 is 9.88 Å². The second kappa shape index (κ2) is 6.44. The standard InChI is InChI=1S/C15H13F2N5OS/c1-8(13-21-18-7-22(13)2)19-14(23)11-6-24-15(20-11)12-9(16)4-3-5-10(12)17/h3-8H,1-2H3,(H,19,23)/t8-/m1/s1. The molecular formula is C15H13F2N5OS. The number of benzene rings is 1. The van der Waals surface area contributed by atoms with Crippen LogP contribution in [-0.2, 0) is 7.05 Å². The summed E-state index contributed by atoms with van der Waals surface area (Å²) in [6.07, 6.45) is 1.53. The fourth-order valence-electron chi connectivity index (χ4n) is 2.21. The molecule has 2 heterocycles. The summed E-state index contributed by atoms with van der Waals surface area (Å²) in [4.78, 5) is 16.3. The maximum absolute atomic E-state index is 13.8. The van der Waals surface area contributed by atoms with Crippen LogP contribution < -0.4 is 5.32 Å². The predicted octanol–water partition coefficient (Wildman–Crippen LogP) is 2.71. The van der Waals surface area contributed by atoms with E-state index in [4.69, 9.17) is 0 Å². The van der Waals surface area contributed by atoms with Gasteiger partial charge in [-0.15, -0.1) is 21.5 Å². The summed E-state index contributed by atoms with van der Waals surface area (Å²) in [5.41, 5.74) is -0.144. The molecule has 1 aromatic carbocycles. The number of aryl methyl sites for hydroxylation is 1. The lowest BCUT2D eigenvalue weighted by molar-refractivity contribution is 0.0933. The van der Waals surface area contributed by atoms with E-state index in [9.17, 15) is 13.6 Å². The number of carbonyl (C=O) groups is 1. The summed E-state index contributed by atoms with van der Waals surface area (Å²) >= 11 is 1.00. The first-order chi connectivity index (χ1) is 11.5. The van der Waals surface area contributed by atoms with Crippen LogP contribution in [0.3, 0.4) is 0 Å². The number of nitrogens with zero attached hydrogens (tertiary/aromatic N) is 4. The number of thiazole rings is 1. The Morgan fingerprint density at radius 2 is 2.04 bits per heavy atom. The van der Waals surface area contributed by atoms with E-state index in [1.165, 1.54) is 17.8 Å². The van der Waals surface area contributed by atoms with Gasteiger partial charge in [0, 0.05) is 12.4 Å². The first-order valence-electron chi connectivity index (χ1n) is 7.02. The summed E-state index contributed by atoms with van der Waals surface area (Å²) < 4.78 is 29.3. The molecule has 0 saturated carbocycles. The zero-order valence-corrected chi connectivity index (χ0v) is 13.6. The van der Waals surface area contributed by atoms with E-state index in [-0.39, 0.29) is 22.3 Å². The smallest absolute Gasteiger partial charge is 0.271 e. The average molecular weight is 349 g/mol. The number of amides is 1. The van der Waals surface area contributed by atoms with Gasteiger partial charge >= 0.3 is 0 Å². The minimum Gasteiger partial charge on any atom is -0.341 e. The lowest BCUT2D eigenvalue weighted by Crippen LogP contribution is -2.28. The van der Waals surface area contributed by atoms with Crippen LogP contribution in [0.25, 0.3) is 10.6 Å². The molecule has 1 atom stereocenters. The molecule has 9 heteroatoms. The summed E-state index contributed by atoms with van der Waals surface area (Å²) in [5.74, 6) is -1.31. The molecule has 124 valence electrons. The lowest BCUT2D eigenvalue weighted by atomic mass is 10.2. The number of rotatable bonds is 4. The van der Waals surface area contributed by atoms with E-state index < -0.39 is 17.5 Å². The highest BCUT2D eigenvalue weighted by molar-refractivity contribution is 7.13. The maximum atomic E-state index is 13.8. The molecule has 0 aliphatic carbocycles. The molecule has 0 bridgehead atoms. The number of carbonyl (C=O) groups excluding carboxylic acids is 1. The molecule has 24 heavy (non-hydrogen) atoms. The highest BCUT2D eigenvalue weighted by atomic mass is 32.1. The Balaban J connectivity index is 1.81. The van der Waals surface area contributed by atoms with Gasteiger partial charge in [0.05, 0.1) is 11.6 Å². The molecule has 3 aromatic rings. The number of halogens is 2. The van der Waals surface area contributed by atoms with Gasteiger partial charge in [-0.1, -0.05) is 6.07 Å². The van der Waals surface area contributed by atoms with Gasteiger partial charge in [-0.25, -0.2) is 13.8 Å². The molecule has 0 fully saturated rings. The van der Waals surface area contributed by atoms with Crippen molar-refractivity contribution in [3.63, 3.8) is 0 Å². The normalized spacial score (nSPS) is 12.2. The van der Waals surface area contributed by atoms with Gasteiger partial charge in [0.15, 0.2) is 5.82 Å². The van der Waals surface area contributed by atoms with Crippen molar-refractivity contribution in [3.05, 3.63) is 53.1 Å². The Labute approximate surface area is 140 Å². The largest absolute Gasteiger partial charge is 0.341 e. The van der Waals surface area contributed by atoms with Gasteiger partial charge in [-0.2, -0.15) is 0 Å². The summed E-state index contributed by atoms with van der Waals surface area (Å²) in [5, 5.41) is 12.0. The van der Waals surface area contributed by atoms with Crippen LogP contribution >= 0.6 is 11.3 Å². The molecule has 0 spiro atoms. The third kappa shape index (κ3) is 3.02. The number of aromatic nitrogens is 4. The first-order valence-corrected chi connectivity index (χ1v) is 7.90. The van der Waals surface area contributed by atoms with Crippen molar-refractivity contribution in [1.29, 1.82) is 0 Å². The monoisotopic (exact) mass is 349 g/mol. The predicted molar refractivity (Wildman–Crippen MR) is 84.4 cm³/mol. The van der Waals surface area contributed by atoms with Gasteiger partial charge in [0.25, 0.3) is 5.91 Å². The molecule has 2 aromatic heterocycles. The van der Waals surface area contributed by atoms with Crippen LogP contribution in [0.5, 0.6) is 0 Å². The zero-order valence-electron chi connectivity index (χ0n) is 12.8. The van der Waals surface area contributed by atoms with E-state index in [1.54, 1.807) is 18.5 Å². The van der Waals surface area contributed by atoms with Crippen molar-refractivity contribution >= 4 is 17.2 Å². The van der Waals surface area contributed by atoms with E-state index >= 15 is 0 Å². The second-order valence-corrected chi connectivity index (χ2v) is 5.99. The molecule has 0 unspecified atom stereocenters. The Morgan fingerprint density at radius 1 is 1.33 bits per heavy atom. The number of nitrogens with one attached hydrogen (secondary N) is 1. The fraction of sp³-hybridized carbons (Fsp3) is 0.200. The highest BCUT2D eigenvalue weighted by Gasteiger charge is 2.20. The highest BCUT2D eigenvalue weighted by Crippen LogP contribution is 2.29. The van der Waals surface area contributed by atoms with Crippen LogP contribution in [0.4, 0.5) is 8.78 Å². The summed E-state index contributed by atoms with van der Waals surface area (Å²) in [6, 6.07) is 3.18. The Morgan fingerprint density at radius 3 is 2.67 bits per heavy atom. The van der Waals surface area contributed by atoms with E-state index in [2.05, 4.69) is 20.5 Å². The third-order valence-electron chi connectivity index (χ3n) is 3.39. The topological polar surface area (TPSA) is 72.7 Å². The fourth-order valence-corrected chi connectivity index (χ4v) is 3.06. The van der Waals surface area contributed by atoms with E-state index in [0.717, 1.165) is 23.5 Å². The molecule has 0 saturated heterocycles. The van der Waals surface area contributed by atoms with Crippen molar-refractivity contribution in [2.24, 2.45) is 7.05 Å². The molecule has 0 aliphatic rings. The molecule has 6 nitrogen and oxygen atoms in total. The average Bonchev–Trinajstić information content (AvgIpc) is 3.16. The second-order valence-electron chi connectivity index (χ2n) is 5.13. The minimum absolute atomic E-state index is 0.0895. The summed E-state index contributed by atoms with van der Waals surface area (Å²) in [6.45, 7) is 1.76. The minimum atomic E-state index is -0.719. The summed E-state index contributed by atoms with van der Waals surface area (Å²) in [7, 11) is 1.76. The molecule has 3 rings (SSSR count). The molecule has 1 N–H and O–H groups in total. The lowest BCUT2D eigenvalue weighted by Gasteiger charge is -2.11. The maximum Gasteiger partial charge on any atom is 0.271 e. The van der Waals surface area contributed by atoms with E-state index in [0.29, 0.717) is 5.82 Å². The van der Waals surface area contributed by atoms with Gasteiger partial charge in [-0.05, 0) is 19.1 Å². The Hall–Kier alpha value is -2.68. The van der Waals surface area contributed by atoms with Crippen molar-refractivity contribution in [2.45, 2.75) is 13.0 Å². The third-order valence-corrected chi connectivity index (χ3v) is 4.25. The SMILES string of the molecule is C[C@@H](NC(=O)c1csc(-c2c(F)cccc2F)n1)c1nncn1C. The molecule has 0 aliphatic heterocycles. The Kier molecular flexibility index (Phi) is 4.34. The molecular weight excluding hydrogens is 336 g/mol. The van der Waals surface area contributed by atoms with Crippen LogP contribution in [0.2, 0.25) is 0 Å². The van der Waals surface area contributed by atoms with Gasteiger partial charge in [-0.3, -0.25) is 4.79 Å². The van der Waals surface area contributed by atoms with Crippen LogP contribution in [0, 0.1) is 11.6 Å². The van der Waals surface area contributed by atoms with Crippen LogP contribution in [0.15, 0.2) is 29.9 Å². The van der Waals surface area contributed by atoms with Crippen molar-refractivity contribution in [1.82, 2.24) is 25.1 Å². The number of hydrogen-bond acceptors (Lipinski definition) is 5. The van der Waals surface area contributed by atoms with Gasteiger partial charge in [0.2, 0.25) is 0 Å². The van der Waals surface area contributed by atoms with Crippen molar-refractivity contribution in [2.75, 3.05) is 0 Å². The first kappa shape index (κ1) is 16.2. The molecule has 1 amide bonds. The van der Waals surface area contributed by atoms with Crippen LogP contribution in [0.1, 0.15) is 29.3 Å². The van der Waals surface area contributed by atoms with Crippen molar-refractivity contribution < 1.29 is 13.6 Å². The molecule has 0 radical (unpaired) electrons. The van der Waals surface area contributed by atoms with Crippen LogP contribution in [-0.4, -0.2) is 25.7 Å². The van der Waals surface area contributed by atoms with Crippen molar-refractivity contribution in [3.8, 4) is 10.6 Å². The number of hydrogen-bond donors (Lipinski definition) is 1. The van der Waals surface area contributed by atoms with Gasteiger partial charge in [0.1, 0.15) is 28.7 Å². The Bertz CT molecular complexity index is 871. The van der Waals surface area contributed by atoms with E-state index in [1.807, 2.05) is 0 Å². The quantitative estimate of drug-likeness (QED) is 0.786. The zero-order chi connectivity index (χ0) is 17.3.